The van der Waals surface area contributed by atoms with Gasteiger partial charge in [0.25, 0.3) is 5.91 Å². The van der Waals surface area contributed by atoms with Gasteiger partial charge in [0.15, 0.2) is 0 Å². The van der Waals surface area contributed by atoms with Gasteiger partial charge >= 0.3 is 0 Å². The Hall–Kier alpha value is -2.13. The zero-order valence-electron chi connectivity index (χ0n) is 10.6. The summed E-state index contributed by atoms with van der Waals surface area (Å²) in [5, 5.41) is 6.68. The fourth-order valence-electron chi connectivity index (χ4n) is 2.87. The van der Waals surface area contributed by atoms with Crippen LogP contribution in [0.5, 0.6) is 0 Å². The van der Waals surface area contributed by atoms with Crippen molar-refractivity contribution in [1.82, 2.24) is 5.01 Å². The first-order valence-corrected chi connectivity index (χ1v) is 6.88. The summed E-state index contributed by atoms with van der Waals surface area (Å²) >= 11 is 5.96. The number of hydrazone groups is 1. The molecule has 0 saturated heterocycles. The van der Waals surface area contributed by atoms with Crippen LogP contribution in [0, 0.1) is 0 Å². The van der Waals surface area contributed by atoms with E-state index in [1.165, 1.54) is 0 Å². The van der Waals surface area contributed by atoms with Gasteiger partial charge in [0.05, 0.1) is 11.8 Å². The van der Waals surface area contributed by atoms with Crippen molar-refractivity contribution in [2.45, 2.75) is 12.5 Å². The number of carbonyl (C=O) groups is 1. The van der Waals surface area contributed by atoms with E-state index in [9.17, 15) is 4.79 Å². The summed E-state index contributed by atoms with van der Waals surface area (Å²) in [5.74, 6) is -0.0570. The molecule has 3 nitrogen and oxygen atoms in total. The summed E-state index contributed by atoms with van der Waals surface area (Å²) in [6, 6.07) is 15.5. The third-order valence-corrected chi connectivity index (χ3v) is 4.07. The van der Waals surface area contributed by atoms with Crippen LogP contribution in [0.2, 0.25) is 5.02 Å². The van der Waals surface area contributed by atoms with Gasteiger partial charge < -0.3 is 0 Å². The van der Waals surface area contributed by atoms with Gasteiger partial charge in [-0.3, -0.25) is 4.79 Å². The maximum absolute atomic E-state index is 12.4. The molecule has 0 radical (unpaired) electrons. The molecule has 0 bridgehead atoms. The van der Waals surface area contributed by atoms with Crippen LogP contribution in [0.1, 0.15) is 33.9 Å². The van der Waals surface area contributed by atoms with E-state index in [2.05, 4.69) is 5.10 Å². The van der Waals surface area contributed by atoms with E-state index in [4.69, 9.17) is 11.6 Å². The number of amides is 1. The number of rotatable bonds is 1. The SMILES string of the molecule is O=C1c2cc(Cl)ccc2C2CC(c3ccccc3)=NN12. The Labute approximate surface area is 121 Å². The topological polar surface area (TPSA) is 32.7 Å². The third kappa shape index (κ3) is 1.60. The molecule has 0 spiro atoms. The molecule has 0 aromatic heterocycles. The molecular weight excluding hydrogens is 272 g/mol. The molecule has 0 saturated carbocycles. The zero-order chi connectivity index (χ0) is 13.7. The average Bonchev–Trinajstić information content (AvgIpc) is 3.01. The van der Waals surface area contributed by atoms with Crippen LogP contribution in [0.25, 0.3) is 0 Å². The lowest BCUT2D eigenvalue weighted by molar-refractivity contribution is 0.0756. The second-order valence-electron chi connectivity index (χ2n) is 5.01. The number of halogens is 1. The van der Waals surface area contributed by atoms with Crippen LogP contribution in [0.4, 0.5) is 0 Å². The lowest BCUT2D eigenvalue weighted by Crippen LogP contribution is -2.17. The first-order valence-electron chi connectivity index (χ1n) is 6.50. The first kappa shape index (κ1) is 11.7. The highest BCUT2D eigenvalue weighted by molar-refractivity contribution is 6.31. The Morgan fingerprint density at radius 2 is 1.95 bits per heavy atom. The number of benzene rings is 2. The van der Waals surface area contributed by atoms with Gasteiger partial charge in [0.1, 0.15) is 0 Å². The molecule has 2 aliphatic heterocycles. The van der Waals surface area contributed by atoms with Crippen LogP contribution in [-0.4, -0.2) is 16.6 Å². The van der Waals surface area contributed by atoms with Crippen molar-refractivity contribution < 1.29 is 4.79 Å². The molecule has 2 aromatic carbocycles. The van der Waals surface area contributed by atoms with Crippen molar-refractivity contribution in [2.75, 3.05) is 0 Å². The van der Waals surface area contributed by atoms with Gasteiger partial charge in [0, 0.05) is 17.0 Å². The third-order valence-electron chi connectivity index (χ3n) is 3.83. The Balaban J connectivity index is 1.75. The van der Waals surface area contributed by atoms with Crippen LogP contribution >= 0.6 is 11.6 Å². The van der Waals surface area contributed by atoms with Gasteiger partial charge in [-0.25, -0.2) is 5.01 Å². The number of nitrogens with zero attached hydrogens (tertiary/aromatic N) is 2. The first-order chi connectivity index (χ1) is 9.74. The van der Waals surface area contributed by atoms with Crippen molar-refractivity contribution >= 4 is 23.2 Å². The minimum absolute atomic E-state index is 0.0185. The molecule has 1 unspecified atom stereocenters. The zero-order valence-corrected chi connectivity index (χ0v) is 11.3. The molecule has 1 amide bonds. The molecule has 4 rings (SSSR count). The quantitative estimate of drug-likeness (QED) is 0.786. The van der Waals surface area contributed by atoms with E-state index >= 15 is 0 Å². The summed E-state index contributed by atoms with van der Waals surface area (Å²) < 4.78 is 0. The van der Waals surface area contributed by atoms with E-state index in [-0.39, 0.29) is 11.9 Å². The molecule has 0 fully saturated rings. The summed E-state index contributed by atoms with van der Waals surface area (Å²) in [6.45, 7) is 0. The smallest absolute Gasteiger partial charge is 0.267 e. The molecule has 2 aromatic rings. The maximum atomic E-state index is 12.4. The summed E-state index contributed by atoms with van der Waals surface area (Å²) in [6.07, 6.45) is 0.754. The molecule has 1 atom stereocenters. The summed E-state index contributed by atoms with van der Waals surface area (Å²) in [4.78, 5) is 12.4. The Kier molecular flexibility index (Phi) is 2.44. The number of hydrogen-bond acceptors (Lipinski definition) is 2. The fraction of sp³-hybridized carbons (Fsp3) is 0.125. The van der Waals surface area contributed by atoms with Crippen LogP contribution < -0.4 is 0 Å². The molecule has 0 N–H and O–H groups in total. The van der Waals surface area contributed by atoms with Gasteiger partial charge in [-0.2, -0.15) is 5.10 Å². The van der Waals surface area contributed by atoms with Crippen molar-refractivity contribution in [3.05, 3.63) is 70.2 Å². The molecule has 2 aliphatic rings. The molecular formula is C16H11ClN2O. The number of fused-ring (bicyclic) bond motifs is 3. The van der Waals surface area contributed by atoms with Crippen molar-refractivity contribution in [2.24, 2.45) is 5.10 Å². The highest BCUT2D eigenvalue weighted by Gasteiger charge is 2.41. The summed E-state index contributed by atoms with van der Waals surface area (Å²) in [7, 11) is 0. The Morgan fingerprint density at radius 3 is 2.75 bits per heavy atom. The van der Waals surface area contributed by atoms with Gasteiger partial charge in [-0.05, 0) is 23.3 Å². The molecule has 20 heavy (non-hydrogen) atoms. The average molecular weight is 283 g/mol. The van der Waals surface area contributed by atoms with Crippen LogP contribution in [0.3, 0.4) is 0 Å². The second kappa shape index (κ2) is 4.18. The lowest BCUT2D eigenvalue weighted by atomic mass is 9.98. The van der Waals surface area contributed by atoms with Crippen molar-refractivity contribution in [3.63, 3.8) is 0 Å². The minimum Gasteiger partial charge on any atom is -0.267 e. The van der Waals surface area contributed by atoms with E-state index in [1.807, 2.05) is 42.5 Å². The van der Waals surface area contributed by atoms with Gasteiger partial charge in [-0.15, -0.1) is 0 Å². The normalized spacial score (nSPS) is 19.9. The predicted molar refractivity (Wildman–Crippen MR) is 78.0 cm³/mol. The monoisotopic (exact) mass is 282 g/mol. The predicted octanol–water partition coefficient (Wildman–Crippen LogP) is 3.64. The Morgan fingerprint density at radius 1 is 1.15 bits per heavy atom. The number of hydrogen-bond donors (Lipinski definition) is 0. The second-order valence-corrected chi connectivity index (χ2v) is 5.45. The minimum atomic E-state index is -0.0570. The molecule has 98 valence electrons. The van der Waals surface area contributed by atoms with Crippen molar-refractivity contribution in [3.8, 4) is 0 Å². The van der Waals surface area contributed by atoms with E-state index in [1.54, 1.807) is 11.1 Å². The van der Waals surface area contributed by atoms with Crippen LogP contribution in [-0.2, 0) is 0 Å². The maximum Gasteiger partial charge on any atom is 0.274 e. The van der Waals surface area contributed by atoms with Gasteiger partial charge in [-0.1, -0.05) is 48.0 Å². The van der Waals surface area contributed by atoms with Gasteiger partial charge in [0.2, 0.25) is 0 Å². The largest absolute Gasteiger partial charge is 0.274 e. The standard InChI is InChI=1S/C16H11ClN2O/c17-11-6-7-12-13(8-11)16(20)19-15(12)9-14(18-19)10-4-2-1-3-5-10/h1-8,15H,9H2. The highest BCUT2D eigenvalue weighted by atomic mass is 35.5. The Bertz CT molecular complexity index is 739. The molecule has 0 aliphatic carbocycles. The fourth-order valence-corrected chi connectivity index (χ4v) is 3.04. The summed E-state index contributed by atoms with van der Waals surface area (Å²) in [5.41, 5.74) is 3.74. The lowest BCUT2D eigenvalue weighted by Gasteiger charge is -2.10. The van der Waals surface area contributed by atoms with E-state index < -0.39 is 0 Å². The number of carbonyl (C=O) groups excluding carboxylic acids is 1. The molecule has 2 heterocycles. The van der Waals surface area contributed by atoms with E-state index in [0.717, 1.165) is 23.3 Å². The molecule has 4 heteroatoms. The highest BCUT2D eigenvalue weighted by Crippen LogP contribution is 2.41. The van der Waals surface area contributed by atoms with E-state index in [0.29, 0.717) is 10.6 Å². The van der Waals surface area contributed by atoms with Crippen LogP contribution in [0.15, 0.2) is 53.6 Å². The van der Waals surface area contributed by atoms with Crippen molar-refractivity contribution in [1.29, 1.82) is 0 Å².